The van der Waals surface area contributed by atoms with Crippen LogP contribution in [-0.4, -0.2) is 30.7 Å². The average molecular weight is 643 g/mol. The van der Waals surface area contributed by atoms with Crippen molar-refractivity contribution in [3.05, 3.63) is 117 Å². The molecule has 7 rings (SSSR count). The SMILES string of the molecule is CC1(C)CC(=O)c2c(n(-c3ccccc3)c(-c3ccc(-c4nc(=S)c5c(n4-c4ccccc4)CC(C)(C)CC5=O)cc3)nc2=S)C1. The minimum Gasteiger partial charge on any atom is -0.297 e. The molecule has 0 fully saturated rings. The lowest BCUT2D eigenvalue weighted by Gasteiger charge is -2.33. The van der Waals surface area contributed by atoms with Gasteiger partial charge in [0.15, 0.2) is 11.6 Å². The lowest BCUT2D eigenvalue weighted by Crippen LogP contribution is -2.31. The summed E-state index contributed by atoms with van der Waals surface area (Å²) in [6.07, 6.45) is 2.29. The number of ketones is 2. The molecule has 6 nitrogen and oxygen atoms in total. The van der Waals surface area contributed by atoms with Crippen molar-refractivity contribution < 1.29 is 9.59 Å². The predicted molar refractivity (Wildman–Crippen MR) is 186 cm³/mol. The lowest BCUT2D eigenvalue weighted by molar-refractivity contribution is 0.0898. The summed E-state index contributed by atoms with van der Waals surface area (Å²) in [5.74, 6) is 1.44. The number of para-hydroxylation sites is 2. The van der Waals surface area contributed by atoms with Gasteiger partial charge in [0.1, 0.15) is 20.9 Å². The smallest absolute Gasteiger partial charge is 0.168 e. The average Bonchev–Trinajstić information content (AvgIpc) is 3.00. The molecule has 0 N–H and O–H groups in total. The molecule has 0 amide bonds. The van der Waals surface area contributed by atoms with Gasteiger partial charge in [-0.15, -0.1) is 0 Å². The van der Waals surface area contributed by atoms with Crippen LogP contribution < -0.4 is 0 Å². The van der Waals surface area contributed by atoms with Crippen molar-refractivity contribution in [2.45, 2.75) is 53.4 Å². The molecule has 0 spiro atoms. The van der Waals surface area contributed by atoms with Crippen molar-refractivity contribution in [2.24, 2.45) is 10.8 Å². The summed E-state index contributed by atoms with van der Waals surface area (Å²) in [5, 5.41) is 0. The van der Waals surface area contributed by atoms with Crippen LogP contribution in [0, 0.1) is 20.1 Å². The lowest BCUT2D eigenvalue weighted by atomic mass is 9.75. The first-order chi connectivity index (χ1) is 21.9. The van der Waals surface area contributed by atoms with Crippen molar-refractivity contribution in [3.63, 3.8) is 0 Å². The number of Topliss-reactive ketones (excluding diaryl/α,β-unsaturated/α-hetero) is 2. The first kappa shape index (κ1) is 30.3. The number of aromatic nitrogens is 4. The number of benzene rings is 3. The van der Waals surface area contributed by atoms with Gasteiger partial charge in [-0.2, -0.15) is 0 Å². The topological polar surface area (TPSA) is 69.8 Å². The second-order valence-corrected chi connectivity index (χ2v) is 14.7. The minimum atomic E-state index is -0.202. The van der Waals surface area contributed by atoms with Crippen molar-refractivity contribution in [1.82, 2.24) is 19.1 Å². The van der Waals surface area contributed by atoms with Crippen molar-refractivity contribution in [2.75, 3.05) is 0 Å². The molecular weight excluding hydrogens is 609 g/mol. The van der Waals surface area contributed by atoms with E-state index in [2.05, 4.69) is 36.8 Å². The Morgan fingerprint density at radius 2 is 0.891 bits per heavy atom. The van der Waals surface area contributed by atoms with Crippen LogP contribution >= 0.6 is 24.4 Å². The maximum Gasteiger partial charge on any atom is 0.168 e. The van der Waals surface area contributed by atoms with Gasteiger partial charge in [0.2, 0.25) is 0 Å². The fourth-order valence-electron chi connectivity index (χ4n) is 6.97. The molecule has 2 aliphatic carbocycles. The highest BCUT2D eigenvalue weighted by Gasteiger charge is 2.36. The summed E-state index contributed by atoms with van der Waals surface area (Å²) < 4.78 is 4.86. The monoisotopic (exact) mass is 642 g/mol. The van der Waals surface area contributed by atoms with E-state index >= 15 is 0 Å². The van der Waals surface area contributed by atoms with Crippen LogP contribution in [0.2, 0.25) is 0 Å². The number of carbonyl (C=O) groups is 2. The fraction of sp³-hybridized carbons (Fsp3) is 0.263. The number of nitrogens with zero attached hydrogens (tertiary/aromatic N) is 4. The third kappa shape index (κ3) is 5.29. The van der Waals surface area contributed by atoms with Gasteiger partial charge in [-0.05, 0) is 47.9 Å². The number of rotatable bonds is 4. The summed E-state index contributed by atoms with van der Waals surface area (Å²) in [6, 6.07) is 28.1. The zero-order valence-corrected chi connectivity index (χ0v) is 28.0. The van der Waals surface area contributed by atoms with E-state index in [1.807, 2.05) is 84.9 Å². The number of fused-ring (bicyclic) bond motifs is 2. The van der Waals surface area contributed by atoms with Gasteiger partial charge in [0, 0.05) is 46.7 Å². The Morgan fingerprint density at radius 3 is 1.24 bits per heavy atom. The van der Waals surface area contributed by atoms with E-state index in [0.29, 0.717) is 57.7 Å². The molecule has 0 bridgehead atoms. The van der Waals surface area contributed by atoms with Crippen LogP contribution in [0.15, 0.2) is 84.9 Å². The second-order valence-electron chi connectivity index (χ2n) is 13.9. The standard InChI is InChI=1S/C38H34N4O2S2/c1-37(2)19-27-31(29(43)21-37)35(45)39-33(41(27)25-11-7-5-8-12-25)23-15-17-24(18-16-23)34-40-36(46)32-28(20-38(3,4)22-30(32)44)42(34)26-13-9-6-10-14-26/h5-18H,19-22H2,1-4H3. The van der Waals surface area contributed by atoms with Gasteiger partial charge in [0.05, 0.1) is 11.1 Å². The van der Waals surface area contributed by atoms with E-state index in [1.54, 1.807) is 0 Å². The molecule has 0 aliphatic heterocycles. The molecule has 2 aliphatic rings. The highest BCUT2D eigenvalue weighted by molar-refractivity contribution is 7.71. The van der Waals surface area contributed by atoms with Gasteiger partial charge < -0.3 is 0 Å². The highest BCUT2D eigenvalue weighted by Crippen LogP contribution is 2.40. The minimum absolute atomic E-state index is 0.0423. The van der Waals surface area contributed by atoms with Crippen LogP contribution in [0.4, 0.5) is 0 Å². The molecule has 2 aromatic heterocycles. The zero-order valence-electron chi connectivity index (χ0n) is 26.3. The molecule has 46 heavy (non-hydrogen) atoms. The van der Waals surface area contributed by atoms with E-state index in [0.717, 1.165) is 33.9 Å². The third-order valence-electron chi connectivity index (χ3n) is 8.94. The van der Waals surface area contributed by atoms with Crippen LogP contribution in [0.25, 0.3) is 34.2 Å². The molecular formula is C38H34N4O2S2. The zero-order chi connectivity index (χ0) is 32.4. The van der Waals surface area contributed by atoms with Gasteiger partial charge in [-0.1, -0.05) is 113 Å². The Bertz CT molecular complexity index is 2010. The first-order valence-corrected chi connectivity index (χ1v) is 16.3. The summed E-state index contributed by atoms with van der Waals surface area (Å²) in [4.78, 5) is 36.4. The van der Waals surface area contributed by atoms with Gasteiger partial charge in [0.25, 0.3) is 0 Å². The van der Waals surface area contributed by atoms with E-state index in [9.17, 15) is 9.59 Å². The molecule has 0 saturated heterocycles. The summed E-state index contributed by atoms with van der Waals surface area (Å²) in [6.45, 7) is 8.49. The summed E-state index contributed by atoms with van der Waals surface area (Å²) in [7, 11) is 0. The maximum absolute atomic E-state index is 13.3. The molecule has 0 atom stereocenters. The third-order valence-corrected chi connectivity index (χ3v) is 9.53. The van der Waals surface area contributed by atoms with Crippen LogP contribution in [-0.2, 0) is 12.8 Å². The Kier molecular flexibility index (Phi) is 7.33. The van der Waals surface area contributed by atoms with Gasteiger partial charge in [-0.3, -0.25) is 18.7 Å². The van der Waals surface area contributed by atoms with E-state index < -0.39 is 0 Å². The Labute approximate surface area is 278 Å². The molecule has 0 unspecified atom stereocenters. The highest BCUT2D eigenvalue weighted by atomic mass is 32.1. The van der Waals surface area contributed by atoms with Crippen molar-refractivity contribution in [1.29, 1.82) is 0 Å². The van der Waals surface area contributed by atoms with E-state index in [4.69, 9.17) is 34.4 Å². The maximum atomic E-state index is 13.3. The van der Waals surface area contributed by atoms with Gasteiger partial charge >= 0.3 is 0 Å². The van der Waals surface area contributed by atoms with Crippen LogP contribution in [0.3, 0.4) is 0 Å². The van der Waals surface area contributed by atoms with Crippen LogP contribution in [0.1, 0.15) is 72.6 Å². The number of hydrogen-bond donors (Lipinski definition) is 0. The van der Waals surface area contributed by atoms with Crippen molar-refractivity contribution in [3.8, 4) is 34.2 Å². The molecule has 230 valence electrons. The number of carbonyl (C=O) groups excluding carboxylic acids is 2. The van der Waals surface area contributed by atoms with E-state index in [-0.39, 0.29) is 22.4 Å². The summed E-state index contributed by atoms with van der Waals surface area (Å²) in [5.41, 5.74) is 6.05. The second kappa shape index (κ2) is 11.1. The van der Waals surface area contributed by atoms with Crippen molar-refractivity contribution >= 4 is 36.0 Å². The molecule has 8 heteroatoms. The molecule has 0 saturated carbocycles. The van der Waals surface area contributed by atoms with Crippen LogP contribution in [0.5, 0.6) is 0 Å². The predicted octanol–water partition coefficient (Wildman–Crippen LogP) is 9.16. The van der Waals surface area contributed by atoms with E-state index in [1.165, 1.54) is 0 Å². The molecule has 3 aromatic carbocycles. The Morgan fingerprint density at radius 1 is 0.543 bits per heavy atom. The fourth-order valence-corrected chi connectivity index (χ4v) is 7.61. The van der Waals surface area contributed by atoms with Gasteiger partial charge in [-0.25, -0.2) is 9.97 Å². The normalized spacial score (nSPS) is 16.5. The summed E-state index contributed by atoms with van der Waals surface area (Å²) >= 11 is 11.5. The largest absolute Gasteiger partial charge is 0.297 e. The molecule has 5 aromatic rings. The Hall–Kier alpha value is -4.40. The number of hydrogen-bond acceptors (Lipinski definition) is 6. The molecule has 2 heterocycles. The molecule has 0 radical (unpaired) electrons. The Balaban J connectivity index is 1.43. The first-order valence-electron chi connectivity index (χ1n) is 15.5. The quantitative estimate of drug-likeness (QED) is 0.182.